The minimum Gasteiger partial charge on any atom is -0.369 e. The van der Waals surface area contributed by atoms with Crippen LogP contribution in [0.4, 0.5) is 10.3 Å². The second-order valence-electron chi connectivity index (χ2n) is 7.53. The highest BCUT2D eigenvalue weighted by Crippen LogP contribution is 2.26. The van der Waals surface area contributed by atoms with Crippen molar-refractivity contribution in [3.63, 3.8) is 0 Å². The number of nitrogens with two attached hydrogens (primary N) is 1. The van der Waals surface area contributed by atoms with E-state index in [4.69, 9.17) is 10.7 Å². The lowest BCUT2D eigenvalue weighted by atomic mass is 9.92. The molecule has 5 nitrogen and oxygen atoms in total. The normalized spacial score (nSPS) is 16.3. The second kappa shape index (κ2) is 7.14. The Morgan fingerprint density at radius 3 is 2.79 bits per heavy atom. The van der Waals surface area contributed by atoms with E-state index < -0.39 is 0 Å². The van der Waals surface area contributed by atoms with Gasteiger partial charge in [-0.1, -0.05) is 12.1 Å². The van der Waals surface area contributed by atoms with Gasteiger partial charge in [0.1, 0.15) is 17.0 Å². The molecule has 1 aliphatic rings. The standard InChI is InChI=1S/C21H22FN5S/c22-18-5-1-4-17-19(18)25-21(23)27-12-15(24-20(17)27)11-14-6-8-26(9-7-14)13-16-3-2-10-28-16/h1-5,10,12,14H,6-9,11,13H2,(H2,23,25). The number of halogens is 1. The van der Waals surface area contributed by atoms with Gasteiger partial charge in [-0.3, -0.25) is 9.30 Å². The van der Waals surface area contributed by atoms with Gasteiger partial charge in [-0.15, -0.1) is 11.3 Å². The molecule has 4 aromatic rings. The van der Waals surface area contributed by atoms with Crippen molar-refractivity contribution in [2.75, 3.05) is 18.8 Å². The van der Waals surface area contributed by atoms with Gasteiger partial charge in [0, 0.05) is 23.0 Å². The van der Waals surface area contributed by atoms with Crippen LogP contribution < -0.4 is 5.73 Å². The number of piperidine rings is 1. The lowest BCUT2D eigenvalue weighted by Crippen LogP contribution is -2.33. The molecule has 1 aromatic carbocycles. The van der Waals surface area contributed by atoms with Crippen LogP contribution in [-0.2, 0) is 13.0 Å². The number of hydrogen-bond acceptors (Lipinski definition) is 5. The lowest BCUT2D eigenvalue weighted by molar-refractivity contribution is 0.178. The molecule has 0 spiro atoms. The maximum absolute atomic E-state index is 14.1. The van der Waals surface area contributed by atoms with Crippen molar-refractivity contribution >= 4 is 33.8 Å². The summed E-state index contributed by atoms with van der Waals surface area (Å²) in [7, 11) is 0. The molecule has 3 aromatic heterocycles. The van der Waals surface area contributed by atoms with Gasteiger partial charge in [-0.2, -0.15) is 0 Å². The van der Waals surface area contributed by atoms with Gasteiger partial charge in [-0.05, 0) is 61.8 Å². The fourth-order valence-corrected chi connectivity index (χ4v) is 4.88. The highest BCUT2D eigenvalue weighted by Gasteiger charge is 2.21. The molecule has 0 amide bonds. The van der Waals surface area contributed by atoms with E-state index in [9.17, 15) is 4.39 Å². The number of rotatable bonds is 4. The smallest absolute Gasteiger partial charge is 0.206 e. The summed E-state index contributed by atoms with van der Waals surface area (Å²) < 4.78 is 15.9. The molecule has 0 radical (unpaired) electrons. The van der Waals surface area contributed by atoms with Crippen molar-refractivity contribution in [1.82, 2.24) is 19.3 Å². The monoisotopic (exact) mass is 395 g/mol. The van der Waals surface area contributed by atoms with E-state index in [1.807, 2.05) is 23.6 Å². The summed E-state index contributed by atoms with van der Waals surface area (Å²) in [6, 6.07) is 9.26. The number of thiophene rings is 1. The summed E-state index contributed by atoms with van der Waals surface area (Å²) >= 11 is 1.83. The summed E-state index contributed by atoms with van der Waals surface area (Å²) in [5, 5.41) is 2.84. The molecule has 4 heterocycles. The van der Waals surface area contributed by atoms with Crippen molar-refractivity contribution in [3.05, 3.63) is 58.3 Å². The molecule has 0 unspecified atom stereocenters. The zero-order valence-corrected chi connectivity index (χ0v) is 16.3. The molecule has 0 aliphatic carbocycles. The summed E-state index contributed by atoms with van der Waals surface area (Å²) in [5.74, 6) is 0.521. The number of anilines is 1. The summed E-state index contributed by atoms with van der Waals surface area (Å²) in [6.07, 6.45) is 5.22. The second-order valence-corrected chi connectivity index (χ2v) is 8.57. The Morgan fingerprint density at radius 1 is 1.14 bits per heavy atom. The highest BCUT2D eigenvalue weighted by molar-refractivity contribution is 7.09. The molecule has 5 rings (SSSR count). The van der Waals surface area contributed by atoms with Crippen LogP contribution in [0.3, 0.4) is 0 Å². The van der Waals surface area contributed by atoms with Crippen LogP contribution in [0, 0.1) is 11.7 Å². The SMILES string of the molecule is Nc1nc2c(F)cccc2c2nc(CC3CCN(Cc4cccs4)CC3)cn12. The zero-order chi connectivity index (χ0) is 19.1. The number of nitrogen functional groups attached to an aromatic ring is 1. The molecule has 0 saturated carbocycles. The van der Waals surface area contributed by atoms with E-state index in [0.29, 0.717) is 17.0 Å². The van der Waals surface area contributed by atoms with Crippen LogP contribution in [0.1, 0.15) is 23.4 Å². The number of para-hydroxylation sites is 1. The first-order valence-electron chi connectivity index (χ1n) is 9.64. The number of fused-ring (bicyclic) bond motifs is 3. The largest absolute Gasteiger partial charge is 0.369 e. The van der Waals surface area contributed by atoms with Gasteiger partial charge >= 0.3 is 0 Å². The minimum absolute atomic E-state index is 0.275. The number of aromatic nitrogens is 3. The molecule has 1 aliphatic heterocycles. The predicted molar refractivity (Wildman–Crippen MR) is 111 cm³/mol. The number of hydrogen-bond donors (Lipinski definition) is 1. The summed E-state index contributed by atoms with van der Waals surface area (Å²) in [4.78, 5) is 13.0. The minimum atomic E-state index is -0.366. The Kier molecular flexibility index (Phi) is 4.49. The van der Waals surface area contributed by atoms with E-state index in [-0.39, 0.29) is 17.3 Å². The van der Waals surface area contributed by atoms with E-state index in [0.717, 1.165) is 31.7 Å². The quantitative estimate of drug-likeness (QED) is 0.565. The molecule has 1 fully saturated rings. The molecule has 144 valence electrons. The predicted octanol–water partition coefficient (Wildman–Crippen LogP) is 4.12. The van der Waals surface area contributed by atoms with Gasteiger partial charge in [-0.25, -0.2) is 14.4 Å². The molecule has 28 heavy (non-hydrogen) atoms. The van der Waals surface area contributed by atoms with Crippen molar-refractivity contribution < 1.29 is 4.39 Å². The fourth-order valence-electron chi connectivity index (χ4n) is 4.14. The topological polar surface area (TPSA) is 59.5 Å². The van der Waals surface area contributed by atoms with Gasteiger partial charge in [0.2, 0.25) is 5.95 Å². The van der Waals surface area contributed by atoms with Crippen LogP contribution in [0.15, 0.2) is 41.9 Å². The van der Waals surface area contributed by atoms with E-state index in [2.05, 4.69) is 27.4 Å². The van der Waals surface area contributed by atoms with Crippen LogP contribution in [-0.4, -0.2) is 32.4 Å². The average molecular weight is 396 g/mol. The molecule has 0 bridgehead atoms. The van der Waals surface area contributed by atoms with Crippen molar-refractivity contribution in [2.45, 2.75) is 25.8 Å². The maximum atomic E-state index is 14.1. The number of nitrogens with zero attached hydrogens (tertiary/aromatic N) is 4. The van der Waals surface area contributed by atoms with Crippen LogP contribution in [0.2, 0.25) is 0 Å². The third kappa shape index (κ3) is 3.25. The first kappa shape index (κ1) is 17.6. The van der Waals surface area contributed by atoms with E-state index in [1.54, 1.807) is 10.5 Å². The molecule has 2 N–H and O–H groups in total. The number of benzene rings is 1. The lowest BCUT2D eigenvalue weighted by Gasteiger charge is -2.31. The summed E-state index contributed by atoms with van der Waals surface area (Å²) in [5.41, 5.74) is 8.03. The van der Waals surface area contributed by atoms with Crippen LogP contribution in [0.25, 0.3) is 16.6 Å². The first-order valence-corrected chi connectivity index (χ1v) is 10.5. The average Bonchev–Trinajstić information content (AvgIpc) is 3.35. The number of likely N-dealkylation sites (tertiary alicyclic amines) is 1. The van der Waals surface area contributed by atoms with Gasteiger partial charge in [0.15, 0.2) is 0 Å². The molecular formula is C21H22FN5S. The van der Waals surface area contributed by atoms with E-state index >= 15 is 0 Å². The molecule has 0 atom stereocenters. The van der Waals surface area contributed by atoms with Crippen LogP contribution in [0.5, 0.6) is 0 Å². The Labute approximate surface area is 166 Å². The summed E-state index contributed by atoms with van der Waals surface area (Å²) in [6.45, 7) is 3.29. The Bertz CT molecular complexity index is 1110. The van der Waals surface area contributed by atoms with Crippen molar-refractivity contribution in [1.29, 1.82) is 0 Å². The van der Waals surface area contributed by atoms with Gasteiger partial charge in [0.25, 0.3) is 0 Å². The molecule has 1 saturated heterocycles. The Balaban J connectivity index is 1.33. The maximum Gasteiger partial charge on any atom is 0.206 e. The highest BCUT2D eigenvalue weighted by atomic mass is 32.1. The third-order valence-corrected chi connectivity index (χ3v) is 6.48. The molecule has 7 heteroatoms. The Hall–Kier alpha value is -2.51. The Morgan fingerprint density at radius 2 is 2.00 bits per heavy atom. The number of imidazole rings is 1. The first-order chi connectivity index (χ1) is 13.7. The van der Waals surface area contributed by atoms with Crippen molar-refractivity contribution in [2.24, 2.45) is 5.92 Å². The van der Waals surface area contributed by atoms with E-state index in [1.165, 1.54) is 23.8 Å². The van der Waals surface area contributed by atoms with Crippen molar-refractivity contribution in [3.8, 4) is 0 Å². The van der Waals surface area contributed by atoms with Gasteiger partial charge < -0.3 is 5.73 Å². The third-order valence-electron chi connectivity index (χ3n) is 5.62. The van der Waals surface area contributed by atoms with Gasteiger partial charge in [0.05, 0.1) is 5.69 Å². The molecular weight excluding hydrogens is 373 g/mol. The van der Waals surface area contributed by atoms with Crippen LogP contribution >= 0.6 is 11.3 Å². The fraction of sp³-hybridized carbons (Fsp3) is 0.333. The zero-order valence-electron chi connectivity index (χ0n) is 15.5.